The first-order valence-corrected chi connectivity index (χ1v) is 8.66. The molecular weight excluding hydrogens is 344 g/mol. The number of aromatic nitrogens is 1. The van der Waals surface area contributed by atoms with Crippen molar-refractivity contribution in [3.8, 4) is 5.75 Å². The standard InChI is InChI=1S/C21H22N2O4/c1-26-16-7-5-6-14(10-16)11-20(24)23-19(21(25)27-2)12-15-13-22-18-9-4-3-8-17(15)18/h3-10,13,19,22H,11-12H2,1-2H3,(H,23,24). The van der Waals surface area contributed by atoms with Crippen molar-refractivity contribution in [2.75, 3.05) is 14.2 Å². The van der Waals surface area contributed by atoms with E-state index in [0.717, 1.165) is 22.0 Å². The smallest absolute Gasteiger partial charge is 0.328 e. The molecule has 0 aliphatic carbocycles. The number of hydrogen-bond donors (Lipinski definition) is 2. The molecule has 6 heteroatoms. The highest BCUT2D eigenvalue weighted by atomic mass is 16.5. The van der Waals surface area contributed by atoms with Gasteiger partial charge < -0.3 is 19.8 Å². The van der Waals surface area contributed by atoms with E-state index in [-0.39, 0.29) is 12.3 Å². The van der Waals surface area contributed by atoms with E-state index in [1.165, 1.54) is 7.11 Å². The number of rotatable bonds is 7. The van der Waals surface area contributed by atoms with Gasteiger partial charge in [0.1, 0.15) is 11.8 Å². The van der Waals surface area contributed by atoms with Crippen LogP contribution in [0.5, 0.6) is 5.75 Å². The Balaban J connectivity index is 1.73. The van der Waals surface area contributed by atoms with Gasteiger partial charge in [-0.3, -0.25) is 4.79 Å². The number of esters is 1. The lowest BCUT2D eigenvalue weighted by molar-refractivity contribution is -0.145. The summed E-state index contributed by atoms with van der Waals surface area (Å²) >= 11 is 0. The maximum atomic E-state index is 12.5. The van der Waals surface area contributed by atoms with Crippen LogP contribution in [0.15, 0.2) is 54.7 Å². The van der Waals surface area contributed by atoms with Crippen LogP contribution in [0.4, 0.5) is 0 Å². The Bertz CT molecular complexity index is 948. The topological polar surface area (TPSA) is 80.4 Å². The van der Waals surface area contributed by atoms with Crippen molar-refractivity contribution in [3.05, 3.63) is 65.9 Å². The average molecular weight is 366 g/mol. The van der Waals surface area contributed by atoms with Crippen LogP contribution in [0.25, 0.3) is 10.9 Å². The van der Waals surface area contributed by atoms with Crippen LogP contribution in [-0.2, 0) is 27.2 Å². The second-order valence-electron chi connectivity index (χ2n) is 6.24. The quantitative estimate of drug-likeness (QED) is 0.630. The van der Waals surface area contributed by atoms with Gasteiger partial charge >= 0.3 is 5.97 Å². The van der Waals surface area contributed by atoms with Gasteiger partial charge in [0.15, 0.2) is 0 Å². The Morgan fingerprint density at radius 3 is 2.70 bits per heavy atom. The number of nitrogens with one attached hydrogen (secondary N) is 2. The first-order chi connectivity index (χ1) is 13.1. The lowest BCUT2D eigenvalue weighted by atomic mass is 10.0. The third-order valence-electron chi connectivity index (χ3n) is 4.42. The summed E-state index contributed by atoms with van der Waals surface area (Å²) in [6.07, 6.45) is 2.36. The minimum Gasteiger partial charge on any atom is -0.497 e. The van der Waals surface area contributed by atoms with E-state index in [2.05, 4.69) is 10.3 Å². The molecule has 1 atom stereocenters. The summed E-state index contributed by atoms with van der Waals surface area (Å²) < 4.78 is 10.1. The van der Waals surface area contributed by atoms with Gasteiger partial charge in [0.05, 0.1) is 20.6 Å². The van der Waals surface area contributed by atoms with E-state index >= 15 is 0 Å². The van der Waals surface area contributed by atoms with Crippen LogP contribution >= 0.6 is 0 Å². The summed E-state index contributed by atoms with van der Waals surface area (Å²) in [6, 6.07) is 14.3. The van der Waals surface area contributed by atoms with Crippen molar-refractivity contribution in [2.24, 2.45) is 0 Å². The highest BCUT2D eigenvalue weighted by Crippen LogP contribution is 2.19. The maximum Gasteiger partial charge on any atom is 0.328 e. The van der Waals surface area contributed by atoms with Crippen LogP contribution in [0.1, 0.15) is 11.1 Å². The summed E-state index contributed by atoms with van der Waals surface area (Å²) in [7, 11) is 2.90. The molecule has 0 aliphatic rings. The number of fused-ring (bicyclic) bond motifs is 1. The van der Waals surface area contributed by atoms with Crippen molar-refractivity contribution in [3.63, 3.8) is 0 Å². The number of benzene rings is 2. The molecule has 6 nitrogen and oxygen atoms in total. The van der Waals surface area contributed by atoms with Gasteiger partial charge in [-0.25, -0.2) is 4.79 Å². The van der Waals surface area contributed by atoms with Crippen LogP contribution in [0, 0.1) is 0 Å². The van der Waals surface area contributed by atoms with Gasteiger partial charge in [0.25, 0.3) is 0 Å². The van der Waals surface area contributed by atoms with Crippen molar-refractivity contribution in [2.45, 2.75) is 18.9 Å². The molecule has 27 heavy (non-hydrogen) atoms. The van der Waals surface area contributed by atoms with E-state index in [1.54, 1.807) is 13.2 Å². The summed E-state index contributed by atoms with van der Waals surface area (Å²) in [5.74, 6) is -0.0404. The fraction of sp³-hybridized carbons (Fsp3) is 0.238. The Kier molecular flexibility index (Phi) is 5.76. The fourth-order valence-electron chi connectivity index (χ4n) is 3.07. The molecule has 2 aromatic carbocycles. The molecular formula is C21H22N2O4. The third-order valence-corrected chi connectivity index (χ3v) is 4.42. The lowest BCUT2D eigenvalue weighted by Crippen LogP contribution is -2.43. The Morgan fingerprint density at radius 2 is 1.93 bits per heavy atom. The number of carbonyl (C=O) groups excluding carboxylic acids is 2. The second-order valence-corrected chi connectivity index (χ2v) is 6.24. The van der Waals surface area contributed by atoms with Crippen molar-refractivity contribution < 1.29 is 19.1 Å². The number of hydrogen-bond acceptors (Lipinski definition) is 4. The Morgan fingerprint density at radius 1 is 1.11 bits per heavy atom. The van der Waals surface area contributed by atoms with Gasteiger partial charge in [-0.05, 0) is 29.3 Å². The molecule has 3 aromatic rings. The van der Waals surface area contributed by atoms with Crippen LogP contribution in [-0.4, -0.2) is 37.1 Å². The van der Waals surface area contributed by atoms with Gasteiger partial charge in [-0.2, -0.15) is 0 Å². The molecule has 140 valence electrons. The second kappa shape index (κ2) is 8.40. The largest absolute Gasteiger partial charge is 0.497 e. The van der Waals surface area contributed by atoms with E-state index in [1.807, 2.05) is 48.7 Å². The van der Waals surface area contributed by atoms with E-state index in [4.69, 9.17) is 9.47 Å². The maximum absolute atomic E-state index is 12.5. The minimum absolute atomic E-state index is 0.151. The first-order valence-electron chi connectivity index (χ1n) is 8.66. The average Bonchev–Trinajstić information content (AvgIpc) is 3.10. The molecule has 1 heterocycles. The first kappa shape index (κ1) is 18.5. The van der Waals surface area contributed by atoms with Crippen LogP contribution in [0.3, 0.4) is 0 Å². The number of carbonyl (C=O) groups is 2. The van der Waals surface area contributed by atoms with Gasteiger partial charge in [-0.15, -0.1) is 0 Å². The minimum atomic E-state index is -0.757. The molecule has 0 saturated carbocycles. The summed E-state index contributed by atoms with van der Waals surface area (Å²) in [5, 5.41) is 3.81. The van der Waals surface area contributed by atoms with Gasteiger partial charge in [0.2, 0.25) is 5.91 Å². The van der Waals surface area contributed by atoms with E-state index in [0.29, 0.717) is 12.2 Å². The number of para-hydroxylation sites is 1. The highest BCUT2D eigenvalue weighted by molar-refractivity contribution is 5.88. The predicted octanol–water partition coefficient (Wildman–Crippen LogP) is 2.62. The number of amides is 1. The number of methoxy groups -OCH3 is 2. The molecule has 0 radical (unpaired) electrons. The SMILES string of the molecule is COC(=O)C(Cc1c[nH]c2ccccc12)NC(=O)Cc1cccc(OC)c1. The zero-order valence-electron chi connectivity index (χ0n) is 15.3. The molecule has 0 aliphatic heterocycles. The molecule has 0 saturated heterocycles. The number of H-pyrrole nitrogens is 1. The molecule has 1 aromatic heterocycles. The van der Waals surface area contributed by atoms with Crippen molar-refractivity contribution >= 4 is 22.8 Å². The molecule has 1 amide bonds. The zero-order valence-corrected chi connectivity index (χ0v) is 15.3. The van der Waals surface area contributed by atoms with Crippen LogP contribution < -0.4 is 10.1 Å². The van der Waals surface area contributed by atoms with Crippen molar-refractivity contribution in [1.29, 1.82) is 0 Å². The van der Waals surface area contributed by atoms with E-state index < -0.39 is 12.0 Å². The van der Waals surface area contributed by atoms with Gasteiger partial charge in [-0.1, -0.05) is 30.3 Å². The van der Waals surface area contributed by atoms with E-state index in [9.17, 15) is 9.59 Å². The monoisotopic (exact) mass is 366 g/mol. The predicted molar refractivity (Wildman–Crippen MR) is 103 cm³/mol. The van der Waals surface area contributed by atoms with Gasteiger partial charge in [0, 0.05) is 23.5 Å². The Hall–Kier alpha value is -3.28. The molecule has 2 N–H and O–H groups in total. The molecule has 0 bridgehead atoms. The highest BCUT2D eigenvalue weighted by Gasteiger charge is 2.23. The summed E-state index contributed by atoms with van der Waals surface area (Å²) in [5.41, 5.74) is 2.74. The molecule has 0 fully saturated rings. The summed E-state index contributed by atoms with van der Waals surface area (Å²) in [4.78, 5) is 27.8. The van der Waals surface area contributed by atoms with Crippen LogP contribution in [0.2, 0.25) is 0 Å². The molecule has 1 unspecified atom stereocenters. The van der Waals surface area contributed by atoms with Crippen molar-refractivity contribution in [1.82, 2.24) is 10.3 Å². The molecule has 3 rings (SSSR count). The number of aromatic amines is 1. The zero-order chi connectivity index (χ0) is 19.2. The molecule has 0 spiro atoms. The fourth-order valence-corrected chi connectivity index (χ4v) is 3.07. The summed E-state index contributed by atoms with van der Waals surface area (Å²) in [6.45, 7) is 0. The third kappa shape index (κ3) is 4.47. The Labute approximate surface area is 157 Å². The number of ether oxygens (including phenoxy) is 2. The normalized spacial score (nSPS) is 11.8. The lowest BCUT2D eigenvalue weighted by Gasteiger charge is -2.16.